The number of ketones is 3. The second-order valence-electron chi connectivity index (χ2n) is 18.2. The molecule has 0 spiro atoms. The maximum Gasteiger partial charge on any atom is 0.184 e. The van der Waals surface area contributed by atoms with Gasteiger partial charge in [-0.1, -0.05) is 96.3 Å². The summed E-state index contributed by atoms with van der Waals surface area (Å²) in [6, 6.07) is 12.7. The van der Waals surface area contributed by atoms with Gasteiger partial charge in [-0.2, -0.15) is 0 Å². The van der Waals surface area contributed by atoms with Gasteiger partial charge in [0.05, 0.1) is 15.5 Å². The van der Waals surface area contributed by atoms with Gasteiger partial charge in [0.2, 0.25) is 0 Å². The lowest BCUT2D eigenvalue weighted by Gasteiger charge is -2.60. The van der Waals surface area contributed by atoms with E-state index in [9.17, 15) is 13.9 Å². The van der Waals surface area contributed by atoms with Crippen molar-refractivity contribution in [2.24, 2.45) is 28.1 Å². The van der Waals surface area contributed by atoms with Crippen LogP contribution in [0, 0.1) is 39.7 Å². The Morgan fingerprint density at radius 1 is 0.806 bits per heavy atom. The Bertz CT molecular complexity index is 2350. The molecule has 0 amide bonds. The molecule has 2 bridgehead atoms. The number of Topliss-reactive ketones (excluding diaryl/α,β-unsaturated/α-hetero) is 3. The molecule has 62 heavy (non-hydrogen) atoms. The van der Waals surface area contributed by atoms with Crippen LogP contribution in [0.3, 0.4) is 0 Å². The predicted octanol–water partition coefficient (Wildman–Crippen LogP) is 14.1. The van der Waals surface area contributed by atoms with E-state index in [4.69, 9.17) is 32.7 Å². The zero-order valence-electron chi connectivity index (χ0n) is 37.2. The Morgan fingerprint density at radius 2 is 1.35 bits per heavy atom. The molecule has 0 aromatic heterocycles. The number of carbonyl (C=O) groups excluding carboxylic acids is 3. The van der Waals surface area contributed by atoms with Gasteiger partial charge in [-0.05, 0) is 140 Å². The van der Waals surface area contributed by atoms with Crippen LogP contribution in [0.5, 0.6) is 11.5 Å². The molecule has 2 aliphatic carbocycles. The average Bonchev–Trinajstić information content (AvgIpc) is 3.19. The summed E-state index contributed by atoms with van der Waals surface area (Å²) in [5.41, 5.74) is -0.846. The smallest absolute Gasteiger partial charge is 0.184 e. The number of fused-ring (bicyclic) bond motifs is 2. The first-order chi connectivity index (χ1) is 29.1. The third kappa shape index (κ3) is 9.42. The molecule has 0 heterocycles. The van der Waals surface area contributed by atoms with E-state index in [1.807, 2.05) is 68.4 Å². The van der Waals surface area contributed by atoms with E-state index in [0.717, 1.165) is 22.3 Å². The van der Waals surface area contributed by atoms with Crippen molar-refractivity contribution in [3.8, 4) is 11.5 Å². The molecule has 2 aliphatic rings. The lowest BCUT2D eigenvalue weighted by molar-refractivity contribution is -0.177. The van der Waals surface area contributed by atoms with Gasteiger partial charge in [-0.3, -0.25) is 14.4 Å². The minimum Gasteiger partial charge on any atom is -0.506 e. The van der Waals surface area contributed by atoms with Crippen LogP contribution in [0.2, 0.25) is 10.0 Å². The van der Waals surface area contributed by atoms with Crippen LogP contribution in [0.15, 0.2) is 107 Å². The molecular weight excluding hydrogens is 829 g/mol. The van der Waals surface area contributed by atoms with Crippen LogP contribution in [0.1, 0.15) is 111 Å². The quantitative estimate of drug-likeness (QED) is 0.0507. The average molecular weight is 888 g/mol. The van der Waals surface area contributed by atoms with Crippen molar-refractivity contribution >= 4 is 46.3 Å². The second-order valence-corrected chi connectivity index (χ2v) is 19.0. The van der Waals surface area contributed by atoms with Gasteiger partial charge in [0, 0.05) is 16.7 Å². The monoisotopic (exact) mass is 886 g/mol. The number of aliphatic hydroxyl groups is 1. The van der Waals surface area contributed by atoms with Crippen molar-refractivity contribution < 1.29 is 37.7 Å². The van der Waals surface area contributed by atoms with Crippen LogP contribution < -0.4 is 9.47 Å². The standard InChI is InChI=1S/C52H58Cl2F2O6/c1-30(2)17-19-35(33(7)8)26-51-27-36(21-18-31(3)4)50(9,10)52(49(51)60,24-23-32(5)6)48(59)45(47(51)58)46(57)34-20-22-43(61-28-37-39(53)13-11-15-41(37)55)44(25-34)62-29-38-40(54)14-12-16-42(38)56/h11-18,20,22-23,25,35-36,57H,7,19,21,24,26-29H2,1-6,8-10H3. The largest absolute Gasteiger partial charge is 0.506 e. The zero-order valence-corrected chi connectivity index (χ0v) is 38.8. The summed E-state index contributed by atoms with van der Waals surface area (Å²) in [4.78, 5) is 46.7. The SMILES string of the molecule is C=C(C)C(CC=C(C)C)CC12CC(CC=C(C)C)C(C)(C)C(CC=C(C)C)(C(=O)C(=C(O)c3ccc(OCc4c(F)cccc4Cl)c(OCc4c(F)cccc4Cl)c3)C1=O)C2=O. The van der Waals surface area contributed by atoms with Crippen molar-refractivity contribution in [2.75, 3.05) is 0 Å². The molecule has 1 N–H and O–H groups in total. The highest BCUT2D eigenvalue weighted by atomic mass is 35.5. The first-order valence-corrected chi connectivity index (χ1v) is 21.7. The molecule has 0 aliphatic heterocycles. The van der Waals surface area contributed by atoms with E-state index in [0.29, 0.717) is 12.8 Å². The van der Waals surface area contributed by atoms with Crippen molar-refractivity contribution in [2.45, 2.75) is 108 Å². The number of aliphatic hydroxyl groups excluding tert-OH is 1. The van der Waals surface area contributed by atoms with E-state index in [1.165, 1.54) is 54.6 Å². The summed E-state index contributed by atoms with van der Waals surface area (Å²) in [5.74, 6) is -4.24. The fraction of sp³-hybridized carbons (Fsp3) is 0.404. The topological polar surface area (TPSA) is 89.9 Å². The first kappa shape index (κ1) is 48.2. The third-order valence-electron chi connectivity index (χ3n) is 12.9. The molecule has 4 atom stereocenters. The number of hydrogen-bond donors (Lipinski definition) is 1. The summed E-state index contributed by atoms with van der Waals surface area (Å²) in [6.45, 7) is 21.1. The number of allylic oxidation sites excluding steroid dienone is 8. The first-order valence-electron chi connectivity index (χ1n) is 21.0. The molecule has 5 rings (SSSR count). The fourth-order valence-electron chi connectivity index (χ4n) is 8.94. The van der Waals surface area contributed by atoms with Crippen LogP contribution in [0.4, 0.5) is 8.78 Å². The van der Waals surface area contributed by atoms with Gasteiger partial charge in [-0.15, -0.1) is 0 Å². The molecule has 2 saturated carbocycles. The Hall–Kier alpha value is -4.79. The predicted molar refractivity (Wildman–Crippen MR) is 244 cm³/mol. The Morgan fingerprint density at radius 3 is 1.87 bits per heavy atom. The van der Waals surface area contributed by atoms with Gasteiger partial charge in [0.15, 0.2) is 28.8 Å². The lowest BCUT2D eigenvalue weighted by atomic mass is 9.38. The fourth-order valence-corrected chi connectivity index (χ4v) is 9.38. The second kappa shape index (κ2) is 19.3. The summed E-state index contributed by atoms with van der Waals surface area (Å²) < 4.78 is 41.9. The van der Waals surface area contributed by atoms with Gasteiger partial charge in [0.1, 0.15) is 41.6 Å². The van der Waals surface area contributed by atoms with Crippen LogP contribution in [-0.2, 0) is 27.6 Å². The number of benzene rings is 3. The number of carbonyl (C=O) groups is 3. The Balaban J connectivity index is 1.76. The molecule has 6 nitrogen and oxygen atoms in total. The lowest BCUT2D eigenvalue weighted by Crippen LogP contribution is -2.69. The van der Waals surface area contributed by atoms with Gasteiger partial charge >= 0.3 is 0 Å². The van der Waals surface area contributed by atoms with Gasteiger partial charge in [-0.25, -0.2) is 8.78 Å². The van der Waals surface area contributed by atoms with E-state index in [1.54, 1.807) is 0 Å². The molecule has 10 heteroatoms. The maximum absolute atomic E-state index is 15.6. The van der Waals surface area contributed by atoms with E-state index in [2.05, 4.69) is 18.7 Å². The molecule has 2 fully saturated rings. The molecular formula is C52H58Cl2F2O6. The third-order valence-corrected chi connectivity index (χ3v) is 13.6. The van der Waals surface area contributed by atoms with Crippen LogP contribution >= 0.6 is 23.2 Å². The van der Waals surface area contributed by atoms with E-state index in [-0.39, 0.29) is 82.5 Å². The highest BCUT2D eigenvalue weighted by molar-refractivity contribution is 6.41. The number of rotatable bonds is 16. The molecule has 3 aromatic carbocycles. The van der Waals surface area contributed by atoms with Gasteiger partial charge in [0.25, 0.3) is 0 Å². The van der Waals surface area contributed by atoms with E-state index >= 15 is 14.4 Å². The number of halogens is 4. The minimum atomic E-state index is -1.72. The van der Waals surface area contributed by atoms with Crippen LogP contribution in [0.25, 0.3) is 5.76 Å². The van der Waals surface area contributed by atoms with Crippen molar-refractivity contribution in [3.63, 3.8) is 0 Å². The number of hydrogen-bond acceptors (Lipinski definition) is 6. The summed E-state index contributed by atoms with van der Waals surface area (Å²) in [5, 5.41) is 12.7. The molecule has 4 unspecified atom stereocenters. The van der Waals surface area contributed by atoms with Crippen molar-refractivity contribution in [3.05, 3.63) is 146 Å². The van der Waals surface area contributed by atoms with E-state index < -0.39 is 56.6 Å². The highest BCUT2D eigenvalue weighted by Crippen LogP contribution is 2.66. The Kier molecular flexibility index (Phi) is 15.0. The van der Waals surface area contributed by atoms with Crippen molar-refractivity contribution in [1.29, 1.82) is 0 Å². The highest BCUT2D eigenvalue weighted by Gasteiger charge is 2.74. The molecule has 330 valence electrons. The normalized spacial score (nSPS) is 21.8. The van der Waals surface area contributed by atoms with Crippen LogP contribution in [-0.4, -0.2) is 22.5 Å². The maximum atomic E-state index is 15.6. The van der Waals surface area contributed by atoms with Crippen molar-refractivity contribution in [1.82, 2.24) is 0 Å². The Labute approximate surface area is 375 Å². The zero-order chi connectivity index (χ0) is 45.9. The molecule has 0 saturated heterocycles. The molecule has 3 aromatic rings. The minimum absolute atomic E-state index is 0.00688. The van der Waals surface area contributed by atoms with Gasteiger partial charge < -0.3 is 14.6 Å². The number of ether oxygens (including phenoxy) is 2. The summed E-state index contributed by atoms with van der Waals surface area (Å²) >= 11 is 12.6. The summed E-state index contributed by atoms with van der Waals surface area (Å²) in [7, 11) is 0. The molecule has 0 radical (unpaired) electrons. The summed E-state index contributed by atoms with van der Waals surface area (Å²) in [6.07, 6.45) is 7.44.